The maximum absolute atomic E-state index is 14.8. The van der Waals surface area contributed by atoms with Gasteiger partial charge in [0.15, 0.2) is 0 Å². The number of allylic oxidation sites excluding steroid dienone is 1. The minimum Gasteiger partial charge on any atom is -0.207 e. The van der Waals surface area contributed by atoms with E-state index in [1.807, 2.05) is 6.08 Å². The second kappa shape index (κ2) is 7.22. The van der Waals surface area contributed by atoms with Crippen molar-refractivity contribution in [1.82, 2.24) is 0 Å². The van der Waals surface area contributed by atoms with Crippen molar-refractivity contribution in [2.45, 2.75) is 31.6 Å². The zero-order valence-electron chi connectivity index (χ0n) is 15.0. The molecule has 0 amide bonds. The van der Waals surface area contributed by atoms with Gasteiger partial charge in [0.05, 0.1) is 5.56 Å². The van der Waals surface area contributed by atoms with Crippen LogP contribution in [-0.4, -0.2) is 0 Å². The second-order valence-corrected chi connectivity index (χ2v) is 7.41. The Balaban J connectivity index is 1.68. The minimum absolute atomic E-state index is 0.0234. The molecule has 1 saturated carbocycles. The average Bonchev–Trinajstić information content (AvgIpc) is 2.67. The number of benzene rings is 3. The van der Waals surface area contributed by atoms with E-state index in [1.54, 1.807) is 24.3 Å². The lowest BCUT2D eigenvalue weighted by atomic mass is 9.78. The van der Waals surface area contributed by atoms with Gasteiger partial charge in [0, 0.05) is 0 Å². The number of halogens is 3. The van der Waals surface area contributed by atoms with Gasteiger partial charge < -0.3 is 0 Å². The number of rotatable bonds is 3. The maximum atomic E-state index is 14.8. The van der Waals surface area contributed by atoms with Crippen LogP contribution < -0.4 is 0 Å². The number of hydrogen-bond acceptors (Lipinski definition) is 0. The summed E-state index contributed by atoms with van der Waals surface area (Å²) in [6.07, 6.45) is 5.86. The maximum Gasteiger partial charge on any atom is 0.134 e. The van der Waals surface area contributed by atoms with Crippen LogP contribution >= 0.6 is 0 Å². The van der Waals surface area contributed by atoms with Crippen molar-refractivity contribution in [1.29, 1.82) is 0 Å². The van der Waals surface area contributed by atoms with Gasteiger partial charge in [0.1, 0.15) is 17.5 Å². The van der Waals surface area contributed by atoms with Crippen LogP contribution in [0.15, 0.2) is 61.2 Å². The highest BCUT2D eigenvalue weighted by Crippen LogP contribution is 2.38. The first-order valence-electron chi connectivity index (χ1n) is 9.36. The molecule has 1 aliphatic rings. The highest BCUT2D eigenvalue weighted by Gasteiger charge is 2.23. The van der Waals surface area contributed by atoms with Crippen molar-refractivity contribution in [3.63, 3.8) is 0 Å². The van der Waals surface area contributed by atoms with Gasteiger partial charge in [0.25, 0.3) is 0 Å². The Labute approximate surface area is 157 Å². The summed E-state index contributed by atoms with van der Waals surface area (Å²) in [5, 5.41) is 1.45. The smallest absolute Gasteiger partial charge is 0.134 e. The monoisotopic (exact) mass is 366 g/mol. The summed E-state index contributed by atoms with van der Waals surface area (Å²) in [7, 11) is 0. The standard InChI is InChI=1S/C24H21F3/c1-2-15-3-5-16(6-4-15)20-13-22(26)24(23(27)14-20)19-8-7-18-12-21(25)10-9-17(18)11-19/h2,7-16H,1,3-6H2. The van der Waals surface area contributed by atoms with Crippen molar-refractivity contribution >= 4 is 10.8 Å². The predicted octanol–water partition coefficient (Wildman–Crippen LogP) is 7.38. The summed E-state index contributed by atoms with van der Waals surface area (Å²) in [6.45, 7) is 3.84. The van der Waals surface area contributed by atoms with Crippen LogP contribution in [-0.2, 0) is 0 Å². The molecule has 0 aromatic heterocycles. The molecule has 0 N–H and O–H groups in total. The molecule has 3 heteroatoms. The molecule has 0 saturated heterocycles. The van der Waals surface area contributed by atoms with Gasteiger partial charge in [-0.25, -0.2) is 13.2 Å². The topological polar surface area (TPSA) is 0 Å². The zero-order chi connectivity index (χ0) is 19.0. The highest BCUT2D eigenvalue weighted by atomic mass is 19.1. The van der Waals surface area contributed by atoms with E-state index in [1.165, 1.54) is 24.3 Å². The molecule has 27 heavy (non-hydrogen) atoms. The Morgan fingerprint density at radius 3 is 2.07 bits per heavy atom. The highest BCUT2D eigenvalue weighted by molar-refractivity contribution is 5.87. The SMILES string of the molecule is C=CC1CCC(c2cc(F)c(-c3ccc4cc(F)ccc4c3)c(F)c2)CC1. The van der Waals surface area contributed by atoms with Crippen LogP contribution in [0.5, 0.6) is 0 Å². The van der Waals surface area contributed by atoms with E-state index in [4.69, 9.17) is 0 Å². The lowest BCUT2D eigenvalue weighted by molar-refractivity contribution is 0.374. The van der Waals surface area contributed by atoms with Crippen molar-refractivity contribution in [3.05, 3.63) is 84.2 Å². The van der Waals surface area contributed by atoms with Crippen LogP contribution in [0, 0.1) is 23.4 Å². The fourth-order valence-electron chi connectivity index (χ4n) is 4.16. The fraction of sp³-hybridized carbons (Fsp3) is 0.250. The van der Waals surface area contributed by atoms with E-state index in [-0.39, 0.29) is 17.3 Å². The van der Waals surface area contributed by atoms with E-state index in [0.717, 1.165) is 36.6 Å². The van der Waals surface area contributed by atoms with Crippen LogP contribution in [0.1, 0.15) is 37.2 Å². The summed E-state index contributed by atoms with van der Waals surface area (Å²) in [6, 6.07) is 12.4. The average molecular weight is 366 g/mol. The zero-order valence-corrected chi connectivity index (χ0v) is 15.0. The quantitative estimate of drug-likeness (QED) is 0.424. The minimum atomic E-state index is -0.544. The Kier molecular flexibility index (Phi) is 4.77. The van der Waals surface area contributed by atoms with Crippen LogP contribution in [0.25, 0.3) is 21.9 Å². The molecular weight excluding hydrogens is 345 g/mol. The van der Waals surface area contributed by atoms with E-state index in [2.05, 4.69) is 6.58 Å². The third-order valence-electron chi connectivity index (χ3n) is 5.73. The molecule has 3 aromatic rings. The molecule has 0 aliphatic heterocycles. The molecule has 4 rings (SSSR count). The molecule has 1 fully saturated rings. The molecule has 1 aliphatic carbocycles. The van der Waals surface area contributed by atoms with Gasteiger partial charge in [-0.05, 0) is 89.8 Å². The first kappa shape index (κ1) is 17.8. The molecule has 3 aromatic carbocycles. The van der Waals surface area contributed by atoms with E-state index in [0.29, 0.717) is 16.9 Å². The summed E-state index contributed by atoms with van der Waals surface area (Å²) >= 11 is 0. The van der Waals surface area contributed by atoms with E-state index < -0.39 is 11.6 Å². The van der Waals surface area contributed by atoms with Gasteiger partial charge in [0.2, 0.25) is 0 Å². The van der Waals surface area contributed by atoms with Gasteiger partial charge in [-0.3, -0.25) is 0 Å². The van der Waals surface area contributed by atoms with Crippen molar-refractivity contribution in [3.8, 4) is 11.1 Å². The molecular formula is C24H21F3. The normalized spacial score (nSPS) is 20.0. The van der Waals surface area contributed by atoms with Gasteiger partial charge in [-0.1, -0.05) is 24.3 Å². The second-order valence-electron chi connectivity index (χ2n) is 7.41. The summed E-state index contributed by atoms with van der Waals surface area (Å²) in [5.41, 5.74) is 1.18. The summed E-state index contributed by atoms with van der Waals surface area (Å²) in [4.78, 5) is 0. The van der Waals surface area contributed by atoms with Crippen LogP contribution in [0.3, 0.4) is 0 Å². The van der Waals surface area contributed by atoms with Crippen LogP contribution in [0.4, 0.5) is 13.2 Å². The van der Waals surface area contributed by atoms with Gasteiger partial charge >= 0.3 is 0 Å². The van der Waals surface area contributed by atoms with Gasteiger partial charge in [-0.2, -0.15) is 0 Å². The molecule has 0 radical (unpaired) electrons. The Hall–Kier alpha value is -2.55. The van der Waals surface area contributed by atoms with Crippen molar-refractivity contribution in [2.75, 3.05) is 0 Å². The third kappa shape index (κ3) is 3.51. The van der Waals surface area contributed by atoms with E-state index in [9.17, 15) is 13.2 Å². The van der Waals surface area contributed by atoms with Crippen molar-refractivity contribution < 1.29 is 13.2 Å². The predicted molar refractivity (Wildman–Crippen MR) is 104 cm³/mol. The van der Waals surface area contributed by atoms with Gasteiger partial charge in [-0.15, -0.1) is 6.58 Å². The first-order chi connectivity index (χ1) is 13.0. The lowest BCUT2D eigenvalue weighted by Gasteiger charge is -2.27. The molecule has 0 nitrogen and oxygen atoms in total. The molecule has 0 bridgehead atoms. The largest absolute Gasteiger partial charge is 0.207 e. The molecule has 138 valence electrons. The number of hydrogen-bond donors (Lipinski definition) is 0. The van der Waals surface area contributed by atoms with E-state index >= 15 is 0 Å². The summed E-state index contributed by atoms with van der Waals surface area (Å²) < 4.78 is 43.0. The molecule has 0 atom stereocenters. The van der Waals surface area contributed by atoms with Crippen molar-refractivity contribution in [2.24, 2.45) is 5.92 Å². The summed E-state index contributed by atoms with van der Waals surface area (Å²) in [5.74, 6) is -0.714. The lowest BCUT2D eigenvalue weighted by Crippen LogP contribution is -2.12. The third-order valence-corrected chi connectivity index (χ3v) is 5.73. The van der Waals surface area contributed by atoms with Crippen LogP contribution in [0.2, 0.25) is 0 Å². The first-order valence-corrected chi connectivity index (χ1v) is 9.36. The molecule has 0 unspecified atom stereocenters. The number of fused-ring (bicyclic) bond motifs is 1. The fourth-order valence-corrected chi connectivity index (χ4v) is 4.16. The molecule has 0 heterocycles. The Bertz CT molecular complexity index is 975. The Morgan fingerprint density at radius 1 is 0.778 bits per heavy atom. The Morgan fingerprint density at radius 2 is 1.41 bits per heavy atom. The molecule has 0 spiro atoms.